The van der Waals surface area contributed by atoms with Gasteiger partial charge < -0.3 is 10.2 Å². The number of aromatic nitrogens is 2. The maximum absolute atomic E-state index is 11.9. The molecular formula is C13H16N2O3S. The predicted octanol–water partition coefficient (Wildman–Crippen LogP) is 0.589. The van der Waals surface area contributed by atoms with Crippen LogP contribution in [0.15, 0.2) is 29.2 Å². The molecule has 0 fully saturated rings. The number of aryl methyl sites for hydroxylation is 1. The monoisotopic (exact) mass is 280 g/mol. The largest absolute Gasteiger partial charge is 0.394 e. The van der Waals surface area contributed by atoms with E-state index >= 15 is 0 Å². The molecule has 0 bridgehead atoms. The third-order valence-corrected chi connectivity index (χ3v) is 3.75. The normalized spacial score (nSPS) is 12.8. The highest BCUT2D eigenvalue weighted by atomic mass is 32.2. The maximum Gasteiger partial charge on any atom is 0.258 e. The number of aliphatic hydroxyl groups is 2. The second-order valence-corrected chi connectivity index (χ2v) is 5.40. The summed E-state index contributed by atoms with van der Waals surface area (Å²) in [7, 11) is 0. The molecule has 0 aliphatic rings. The number of hydrogen-bond donors (Lipinski definition) is 2. The van der Waals surface area contributed by atoms with Crippen LogP contribution >= 0.6 is 11.8 Å². The van der Waals surface area contributed by atoms with Gasteiger partial charge in [0.05, 0.1) is 18.4 Å². The highest BCUT2D eigenvalue weighted by Crippen LogP contribution is 2.11. The van der Waals surface area contributed by atoms with Gasteiger partial charge in [-0.3, -0.25) is 9.20 Å². The fourth-order valence-electron chi connectivity index (χ4n) is 1.68. The Hall–Kier alpha value is -1.37. The van der Waals surface area contributed by atoms with Gasteiger partial charge in [-0.2, -0.15) is 11.8 Å². The molecule has 1 unspecified atom stereocenters. The minimum absolute atomic E-state index is 0.105. The zero-order chi connectivity index (χ0) is 13.8. The average Bonchev–Trinajstić information content (AvgIpc) is 2.39. The molecule has 1 atom stereocenters. The van der Waals surface area contributed by atoms with E-state index in [1.165, 1.54) is 22.2 Å². The van der Waals surface area contributed by atoms with Crippen molar-refractivity contribution >= 4 is 17.4 Å². The molecule has 2 aromatic rings. The molecule has 2 aromatic heterocycles. The molecule has 0 saturated carbocycles. The number of pyridine rings is 1. The summed E-state index contributed by atoms with van der Waals surface area (Å²) in [5.74, 6) is 0.960. The zero-order valence-corrected chi connectivity index (χ0v) is 11.4. The number of fused-ring (bicyclic) bond motifs is 1. The van der Waals surface area contributed by atoms with Crippen molar-refractivity contribution in [1.82, 2.24) is 9.38 Å². The molecule has 2 rings (SSSR count). The fourth-order valence-corrected chi connectivity index (χ4v) is 2.54. The van der Waals surface area contributed by atoms with Crippen molar-refractivity contribution in [3.8, 4) is 0 Å². The van der Waals surface area contributed by atoms with E-state index in [0.29, 0.717) is 22.8 Å². The second-order valence-electron chi connectivity index (χ2n) is 4.37. The Morgan fingerprint density at radius 2 is 2.26 bits per heavy atom. The van der Waals surface area contributed by atoms with E-state index in [1.807, 2.05) is 19.1 Å². The number of hydrogen-bond acceptors (Lipinski definition) is 5. The van der Waals surface area contributed by atoms with Gasteiger partial charge in [-0.25, -0.2) is 4.98 Å². The minimum Gasteiger partial charge on any atom is -0.394 e. The van der Waals surface area contributed by atoms with Crippen molar-refractivity contribution in [2.24, 2.45) is 0 Å². The van der Waals surface area contributed by atoms with Gasteiger partial charge in [0.2, 0.25) is 0 Å². The summed E-state index contributed by atoms with van der Waals surface area (Å²) < 4.78 is 1.52. The van der Waals surface area contributed by atoms with Gasteiger partial charge in [0, 0.05) is 23.8 Å². The molecule has 0 aliphatic heterocycles. The van der Waals surface area contributed by atoms with Crippen molar-refractivity contribution in [2.45, 2.75) is 18.8 Å². The Morgan fingerprint density at radius 1 is 1.47 bits per heavy atom. The highest BCUT2D eigenvalue weighted by molar-refractivity contribution is 7.98. The third kappa shape index (κ3) is 3.56. The lowest BCUT2D eigenvalue weighted by atomic mass is 10.3. The minimum atomic E-state index is -0.728. The van der Waals surface area contributed by atoms with E-state index in [4.69, 9.17) is 5.11 Å². The van der Waals surface area contributed by atoms with Crippen molar-refractivity contribution in [2.75, 3.05) is 12.4 Å². The Bertz CT molecular complexity index is 627. The summed E-state index contributed by atoms with van der Waals surface area (Å²) >= 11 is 1.44. The van der Waals surface area contributed by atoms with E-state index in [-0.39, 0.29) is 12.2 Å². The lowest BCUT2D eigenvalue weighted by Crippen LogP contribution is -2.17. The molecule has 0 radical (unpaired) electrons. The molecule has 0 aromatic carbocycles. The SMILES string of the molecule is Cc1ccc2nc(CSCC(O)CO)cc(=O)n2c1. The van der Waals surface area contributed by atoms with Crippen LogP contribution in [-0.4, -0.2) is 38.1 Å². The van der Waals surface area contributed by atoms with Crippen molar-refractivity contribution < 1.29 is 10.2 Å². The molecule has 0 aliphatic carbocycles. The van der Waals surface area contributed by atoms with Gasteiger partial charge in [-0.15, -0.1) is 0 Å². The number of thioether (sulfide) groups is 1. The van der Waals surface area contributed by atoms with Gasteiger partial charge in [0.15, 0.2) is 0 Å². The zero-order valence-electron chi connectivity index (χ0n) is 10.6. The van der Waals surface area contributed by atoms with E-state index < -0.39 is 6.10 Å². The first-order valence-electron chi connectivity index (χ1n) is 5.96. The van der Waals surface area contributed by atoms with E-state index in [9.17, 15) is 9.90 Å². The van der Waals surface area contributed by atoms with E-state index in [1.54, 1.807) is 6.20 Å². The van der Waals surface area contributed by atoms with Crippen LogP contribution in [-0.2, 0) is 5.75 Å². The van der Waals surface area contributed by atoms with Crippen LogP contribution in [0.25, 0.3) is 5.65 Å². The first kappa shape index (κ1) is 14.0. The number of aliphatic hydroxyl groups excluding tert-OH is 2. The van der Waals surface area contributed by atoms with Gasteiger partial charge in [0.25, 0.3) is 5.56 Å². The standard InChI is InChI=1S/C13H16N2O3S/c1-9-2-3-12-14-10(4-13(18)15(12)5-9)7-19-8-11(17)6-16/h2-5,11,16-17H,6-8H2,1H3. The molecular weight excluding hydrogens is 264 g/mol. The average molecular weight is 280 g/mol. The first-order chi connectivity index (χ1) is 9.10. The topological polar surface area (TPSA) is 74.8 Å². The Morgan fingerprint density at radius 3 is 3.00 bits per heavy atom. The molecule has 102 valence electrons. The summed E-state index contributed by atoms with van der Waals surface area (Å²) in [6.07, 6.45) is 1.03. The van der Waals surface area contributed by atoms with Crippen LogP contribution in [0.4, 0.5) is 0 Å². The number of nitrogens with zero attached hydrogens (tertiary/aromatic N) is 2. The Labute approximate surface area is 114 Å². The van der Waals surface area contributed by atoms with Crippen LogP contribution in [0.3, 0.4) is 0 Å². The van der Waals surface area contributed by atoms with Crippen LogP contribution in [0.5, 0.6) is 0 Å². The third-order valence-electron chi connectivity index (χ3n) is 2.63. The van der Waals surface area contributed by atoms with E-state index in [2.05, 4.69) is 4.98 Å². The van der Waals surface area contributed by atoms with Gasteiger partial charge in [-0.1, -0.05) is 6.07 Å². The van der Waals surface area contributed by atoms with Gasteiger partial charge in [0.1, 0.15) is 5.65 Å². The van der Waals surface area contributed by atoms with Crippen molar-refractivity contribution in [3.05, 3.63) is 46.0 Å². The Kier molecular flexibility index (Phi) is 4.57. The summed E-state index contributed by atoms with van der Waals surface area (Å²) in [5.41, 5.74) is 2.21. The van der Waals surface area contributed by atoms with Crippen LogP contribution in [0.2, 0.25) is 0 Å². The lowest BCUT2D eigenvalue weighted by Gasteiger charge is -2.07. The summed E-state index contributed by atoms with van der Waals surface area (Å²) in [5, 5.41) is 17.9. The smallest absolute Gasteiger partial charge is 0.258 e. The molecule has 0 spiro atoms. The lowest BCUT2D eigenvalue weighted by molar-refractivity contribution is 0.113. The molecule has 2 heterocycles. The molecule has 19 heavy (non-hydrogen) atoms. The maximum atomic E-state index is 11.9. The fraction of sp³-hybridized carbons (Fsp3) is 0.385. The highest BCUT2D eigenvalue weighted by Gasteiger charge is 2.05. The van der Waals surface area contributed by atoms with Crippen molar-refractivity contribution in [3.63, 3.8) is 0 Å². The summed E-state index contributed by atoms with van der Waals surface area (Å²) in [6, 6.07) is 5.23. The van der Waals surface area contributed by atoms with Crippen LogP contribution < -0.4 is 5.56 Å². The molecule has 2 N–H and O–H groups in total. The first-order valence-corrected chi connectivity index (χ1v) is 7.11. The quantitative estimate of drug-likeness (QED) is 0.838. The van der Waals surface area contributed by atoms with Gasteiger partial charge in [-0.05, 0) is 18.6 Å². The number of rotatable bonds is 5. The summed E-state index contributed by atoms with van der Waals surface area (Å²) in [4.78, 5) is 16.3. The van der Waals surface area contributed by atoms with Crippen molar-refractivity contribution in [1.29, 1.82) is 0 Å². The second kappa shape index (κ2) is 6.18. The molecule has 6 heteroatoms. The summed E-state index contributed by atoms with van der Waals surface area (Å²) in [6.45, 7) is 1.67. The van der Waals surface area contributed by atoms with E-state index in [0.717, 1.165) is 5.56 Å². The van der Waals surface area contributed by atoms with Crippen LogP contribution in [0.1, 0.15) is 11.3 Å². The van der Waals surface area contributed by atoms with Crippen LogP contribution in [0, 0.1) is 6.92 Å². The molecule has 0 saturated heterocycles. The Balaban J connectivity index is 2.17. The molecule has 5 nitrogen and oxygen atoms in total. The molecule has 0 amide bonds. The predicted molar refractivity (Wildman–Crippen MR) is 75.5 cm³/mol. The van der Waals surface area contributed by atoms with Gasteiger partial charge >= 0.3 is 0 Å².